The maximum absolute atomic E-state index is 12.7. The number of Topliss-reactive ketones (excluding diaryl/α,β-unsaturated/α-hetero) is 1. The normalized spacial score (nSPS) is 19.7. The number of ether oxygens (including phenoxy) is 2. The van der Waals surface area contributed by atoms with Crippen molar-refractivity contribution in [3.63, 3.8) is 0 Å². The summed E-state index contributed by atoms with van der Waals surface area (Å²) in [5, 5.41) is 5.18. The van der Waals surface area contributed by atoms with Crippen molar-refractivity contribution in [1.82, 2.24) is 15.6 Å². The fraction of sp³-hybridized carbons (Fsp3) is 0.400. The number of carbonyl (C=O) groups excluding carboxylic acids is 3. The van der Waals surface area contributed by atoms with Gasteiger partial charge in [0, 0.05) is 17.9 Å². The van der Waals surface area contributed by atoms with E-state index in [1.807, 2.05) is 67.6 Å². The average Bonchev–Trinajstić information content (AvgIpc) is 3.32. The van der Waals surface area contributed by atoms with Crippen LogP contribution in [0, 0.1) is 12.8 Å². The molecule has 1 aliphatic rings. The first-order chi connectivity index (χ1) is 18.7. The van der Waals surface area contributed by atoms with Gasteiger partial charge in [0.15, 0.2) is 5.78 Å². The first kappa shape index (κ1) is 28.2. The number of amides is 2. The standard InChI is InChI=1S/C30H35N3O6/c1-20(26(34)16-22-10-6-4-7-11-22)32-27(35)17-31-29(36)30(3)37-18-23(19-38-30)14-15-25-21(2)39-28(33-25)24-12-8-5-9-13-24/h4-13,20,23H,14-19H2,1-3H3,(H,31,36)(H,32,35). The Hall–Kier alpha value is -3.82. The molecule has 206 valence electrons. The molecule has 9 heteroatoms. The molecule has 0 bridgehead atoms. The fourth-order valence-corrected chi connectivity index (χ4v) is 4.29. The zero-order valence-corrected chi connectivity index (χ0v) is 22.6. The lowest BCUT2D eigenvalue weighted by atomic mass is 10.0. The molecule has 0 saturated carbocycles. The minimum atomic E-state index is -1.49. The van der Waals surface area contributed by atoms with E-state index in [4.69, 9.17) is 13.9 Å². The van der Waals surface area contributed by atoms with Crippen molar-refractivity contribution in [2.45, 2.75) is 51.9 Å². The van der Waals surface area contributed by atoms with Crippen LogP contribution in [0.4, 0.5) is 0 Å². The van der Waals surface area contributed by atoms with E-state index in [1.165, 1.54) is 6.92 Å². The van der Waals surface area contributed by atoms with Crippen molar-refractivity contribution in [3.8, 4) is 11.5 Å². The number of carbonyl (C=O) groups is 3. The number of aromatic nitrogens is 1. The largest absolute Gasteiger partial charge is 0.441 e. The molecule has 0 aliphatic carbocycles. The topological polar surface area (TPSA) is 120 Å². The smallest absolute Gasteiger partial charge is 0.280 e. The zero-order valence-electron chi connectivity index (χ0n) is 22.6. The van der Waals surface area contributed by atoms with Crippen molar-refractivity contribution in [1.29, 1.82) is 0 Å². The second-order valence-electron chi connectivity index (χ2n) is 9.96. The van der Waals surface area contributed by atoms with Gasteiger partial charge in [-0.1, -0.05) is 48.5 Å². The maximum atomic E-state index is 12.7. The minimum absolute atomic E-state index is 0.0851. The van der Waals surface area contributed by atoms with Gasteiger partial charge in [-0.05, 0) is 51.3 Å². The van der Waals surface area contributed by atoms with Crippen LogP contribution in [-0.4, -0.2) is 54.2 Å². The van der Waals surface area contributed by atoms with Crippen molar-refractivity contribution in [2.75, 3.05) is 19.8 Å². The minimum Gasteiger partial charge on any atom is -0.441 e. The molecule has 1 aromatic heterocycles. The Morgan fingerprint density at radius 3 is 2.33 bits per heavy atom. The van der Waals surface area contributed by atoms with Crippen LogP contribution in [0.2, 0.25) is 0 Å². The van der Waals surface area contributed by atoms with Crippen LogP contribution in [0.1, 0.15) is 37.3 Å². The number of hydrogen-bond donors (Lipinski definition) is 2. The van der Waals surface area contributed by atoms with E-state index >= 15 is 0 Å². The van der Waals surface area contributed by atoms with Crippen molar-refractivity contribution in [2.24, 2.45) is 5.92 Å². The summed E-state index contributed by atoms with van der Waals surface area (Å²) in [4.78, 5) is 42.1. The van der Waals surface area contributed by atoms with E-state index in [9.17, 15) is 14.4 Å². The number of rotatable bonds is 11. The molecule has 2 heterocycles. The molecule has 2 amide bonds. The van der Waals surface area contributed by atoms with Gasteiger partial charge in [0.2, 0.25) is 17.6 Å². The van der Waals surface area contributed by atoms with Crippen LogP contribution < -0.4 is 10.6 Å². The number of nitrogens with one attached hydrogen (secondary N) is 2. The van der Waals surface area contributed by atoms with Crippen molar-refractivity contribution < 1.29 is 28.3 Å². The summed E-state index contributed by atoms with van der Waals surface area (Å²) in [6, 6.07) is 18.4. The summed E-state index contributed by atoms with van der Waals surface area (Å²) >= 11 is 0. The van der Waals surface area contributed by atoms with Crippen LogP contribution in [0.3, 0.4) is 0 Å². The highest BCUT2D eigenvalue weighted by Gasteiger charge is 2.40. The highest BCUT2D eigenvalue weighted by molar-refractivity contribution is 5.92. The summed E-state index contributed by atoms with van der Waals surface area (Å²) in [5.74, 6) is -1.15. The molecule has 1 aliphatic heterocycles. The molecule has 3 aromatic rings. The Balaban J connectivity index is 1.18. The third-order valence-corrected chi connectivity index (χ3v) is 6.80. The zero-order chi connectivity index (χ0) is 27.8. The number of nitrogens with zero attached hydrogens (tertiary/aromatic N) is 1. The Kier molecular flexibility index (Phi) is 9.27. The predicted molar refractivity (Wildman–Crippen MR) is 145 cm³/mol. The number of oxazole rings is 1. The Morgan fingerprint density at radius 1 is 1.03 bits per heavy atom. The van der Waals surface area contributed by atoms with Gasteiger partial charge in [0.05, 0.1) is 31.5 Å². The lowest BCUT2D eigenvalue weighted by molar-refractivity contribution is -0.260. The highest BCUT2D eigenvalue weighted by atomic mass is 16.7. The van der Waals surface area contributed by atoms with Crippen LogP contribution in [0.5, 0.6) is 0 Å². The van der Waals surface area contributed by atoms with E-state index in [-0.39, 0.29) is 24.7 Å². The van der Waals surface area contributed by atoms with Crippen LogP contribution in [0.25, 0.3) is 11.5 Å². The molecule has 1 unspecified atom stereocenters. The van der Waals surface area contributed by atoms with Crippen LogP contribution >= 0.6 is 0 Å². The molecule has 0 radical (unpaired) electrons. The molecule has 0 spiro atoms. The molecule has 9 nitrogen and oxygen atoms in total. The SMILES string of the molecule is Cc1oc(-c2ccccc2)nc1CCC1COC(C)(C(=O)NCC(=O)NC(C)C(=O)Cc2ccccc2)OC1. The van der Waals surface area contributed by atoms with Gasteiger partial charge in [-0.3, -0.25) is 14.4 Å². The van der Waals surface area contributed by atoms with Gasteiger partial charge in [0.25, 0.3) is 5.91 Å². The first-order valence-corrected chi connectivity index (χ1v) is 13.2. The monoisotopic (exact) mass is 533 g/mol. The quantitative estimate of drug-likeness (QED) is 0.388. The summed E-state index contributed by atoms with van der Waals surface area (Å²) in [5.41, 5.74) is 2.70. The summed E-state index contributed by atoms with van der Waals surface area (Å²) in [6.07, 6.45) is 1.68. The third kappa shape index (κ3) is 7.61. The van der Waals surface area contributed by atoms with Crippen LogP contribution in [-0.2, 0) is 36.7 Å². The average molecular weight is 534 g/mol. The van der Waals surface area contributed by atoms with E-state index in [1.54, 1.807) is 6.92 Å². The van der Waals surface area contributed by atoms with E-state index in [0.717, 1.165) is 29.0 Å². The lowest BCUT2D eigenvalue weighted by Crippen LogP contribution is -2.55. The molecule has 1 saturated heterocycles. The van der Waals surface area contributed by atoms with Gasteiger partial charge in [-0.2, -0.15) is 0 Å². The Bertz CT molecular complexity index is 1270. The first-order valence-electron chi connectivity index (χ1n) is 13.2. The summed E-state index contributed by atoms with van der Waals surface area (Å²) in [6.45, 7) is 5.45. The Labute approximate surface area is 228 Å². The van der Waals surface area contributed by atoms with Gasteiger partial charge in [0.1, 0.15) is 5.76 Å². The molecule has 39 heavy (non-hydrogen) atoms. The van der Waals surface area contributed by atoms with E-state index in [0.29, 0.717) is 25.5 Å². The molecule has 2 N–H and O–H groups in total. The fourth-order valence-electron chi connectivity index (χ4n) is 4.29. The number of ketones is 1. The van der Waals surface area contributed by atoms with Gasteiger partial charge in [-0.25, -0.2) is 4.98 Å². The van der Waals surface area contributed by atoms with Gasteiger partial charge < -0.3 is 24.5 Å². The van der Waals surface area contributed by atoms with Crippen LogP contribution in [0.15, 0.2) is 65.1 Å². The predicted octanol–water partition coefficient (Wildman–Crippen LogP) is 3.39. The van der Waals surface area contributed by atoms with Crippen molar-refractivity contribution in [3.05, 3.63) is 77.7 Å². The molecule has 1 fully saturated rings. The summed E-state index contributed by atoms with van der Waals surface area (Å²) in [7, 11) is 0. The van der Waals surface area contributed by atoms with Gasteiger partial charge in [-0.15, -0.1) is 0 Å². The maximum Gasteiger partial charge on any atom is 0.280 e. The summed E-state index contributed by atoms with van der Waals surface area (Å²) < 4.78 is 17.4. The second-order valence-corrected chi connectivity index (χ2v) is 9.96. The van der Waals surface area contributed by atoms with Crippen molar-refractivity contribution >= 4 is 17.6 Å². The van der Waals surface area contributed by atoms with Gasteiger partial charge >= 0.3 is 0 Å². The third-order valence-electron chi connectivity index (χ3n) is 6.80. The molecular formula is C30H35N3O6. The highest BCUT2D eigenvalue weighted by Crippen LogP contribution is 2.26. The lowest BCUT2D eigenvalue weighted by Gasteiger charge is -2.36. The number of aryl methyl sites for hydroxylation is 2. The second kappa shape index (κ2) is 12.8. The molecular weight excluding hydrogens is 498 g/mol. The number of hydrogen-bond acceptors (Lipinski definition) is 7. The van der Waals surface area contributed by atoms with E-state index < -0.39 is 23.6 Å². The molecule has 1 atom stereocenters. The molecule has 4 rings (SSSR count). The molecule has 2 aromatic carbocycles. The Morgan fingerprint density at radius 2 is 1.67 bits per heavy atom. The number of benzene rings is 2. The van der Waals surface area contributed by atoms with E-state index in [2.05, 4.69) is 15.6 Å².